The summed E-state index contributed by atoms with van der Waals surface area (Å²) in [4.78, 5) is 26.8. The molecule has 0 radical (unpaired) electrons. The van der Waals surface area contributed by atoms with Gasteiger partial charge in [-0.2, -0.15) is 0 Å². The van der Waals surface area contributed by atoms with Crippen LogP contribution < -0.4 is 0 Å². The minimum absolute atomic E-state index is 0.0328. The van der Waals surface area contributed by atoms with Gasteiger partial charge in [0, 0.05) is 12.0 Å². The first-order valence-electron chi connectivity index (χ1n) is 11.3. The molecule has 1 aromatic rings. The monoisotopic (exact) mass is 415 g/mol. The first-order valence-corrected chi connectivity index (χ1v) is 11.3. The highest BCUT2D eigenvalue weighted by molar-refractivity contribution is 5.96. The number of ketones is 1. The quantitative estimate of drug-likeness (QED) is 0.481. The molecule has 1 aliphatic heterocycles. The molecular weight excluding hydrogens is 374 g/mol. The van der Waals surface area contributed by atoms with Crippen molar-refractivity contribution < 1.29 is 14.3 Å². The van der Waals surface area contributed by atoms with E-state index in [-0.39, 0.29) is 29.0 Å². The highest BCUT2D eigenvalue weighted by Gasteiger charge is 2.32. The number of piperidine rings is 1. The number of esters is 1. The Hall–Kier alpha value is -1.68. The highest BCUT2D eigenvalue weighted by Crippen LogP contribution is 2.32. The number of nitrogens with zero attached hydrogens (tertiary/aromatic N) is 1. The molecule has 30 heavy (non-hydrogen) atoms. The van der Waals surface area contributed by atoms with Gasteiger partial charge in [0.2, 0.25) is 0 Å². The van der Waals surface area contributed by atoms with E-state index in [4.69, 9.17) is 4.74 Å². The van der Waals surface area contributed by atoms with Crippen LogP contribution >= 0.6 is 0 Å². The summed E-state index contributed by atoms with van der Waals surface area (Å²) in [5.74, 6) is -0.417. The first kappa shape index (κ1) is 24.6. The third kappa shape index (κ3) is 6.66. The number of ether oxygens (including phenoxy) is 1. The third-order valence-electron chi connectivity index (χ3n) is 6.29. The van der Waals surface area contributed by atoms with Crippen molar-refractivity contribution in [1.82, 2.24) is 4.90 Å². The largest absolute Gasteiger partial charge is 0.466 e. The minimum Gasteiger partial charge on any atom is -0.466 e. The van der Waals surface area contributed by atoms with Gasteiger partial charge in [-0.1, -0.05) is 59.7 Å². The number of carbonyl (C=O) groups excluding carboxylic acids is 2. The van der Waals surface area contributed by atoms with Gasteiger partial charge in [-0.15, -0.1) is 0 Å². The summed E-state index contributed by atoms with van der Waals surface area (Å²) in [6.07, 6.45) is 2.45. The van der Waals surface area contributed by atoms with E-state index < -0.39 is 5.97 Å². The molecule has 1 aliphatic rings. The van der Waals surface area contributed by atoms with Crippen molar-refractivity contribution in [2.45, 2.75) is 91.0 Å². The van der Waals surface area contributed by atoms with Gasteiger partial charge in [0.25, 0.3) is 0 Å². The Balaban J connectivity index is 2.21. The Morgan fingerprint density at radius 3 is 2.10 bits per heavy atom. The van der Waals surface area contributed by atoms with E-state index >= 15 is 0 Å². The molecule has 0 N–H and O–H groups in total. The molecule has 0 spiro atoms. The first-order chi connectivity index (χ1) is 13.8. The molecule has 4 heteroatoms. The number of hydrogen-bond donors (Lipinski definition) is 0. The number of benzene rings is 1. The predicted octanol–water partition coefficient (Wildman–Crippen LogP) is 5.06. The molecule has 2 unspecified atom stereocenters. The zero-order valence-electron chi connectivity index (χ0n) is 20.3. The van der Waals surface area contributed by atoms with Crippen LogP contribution in [0, 0.1) is 5.92 Å². The van der Waals surface area contributed by atoms with Gasteiger partial charge in [0.1, 0.15) is 12.2 Å². The van der Waals surface area contributed by atoms with Gasteiger partial charge in [0.15, 0.2) is 0 Å². The van der Waals surface area contributed by atoms with Crippen molar-refractivity contribution >= 4 is 11.8 Å². The van der Waals surface area contributed by atoms with E-state index in [0.29, 0.717) is 12.6 Å². The lowest BCUT2D eigenvalue weighted by molar-refractivity contribution is -0.146. The Bertz CT molecular complexity index is 722. The third-order valence-corrected chi connectivity index (χ3v) is 6.29. The predicted molar refractivity (Wildman–Crippen MR) is 123 cm³/mol. The van der Waals surface area contributed by atoms with Crippen LogP contribution in [0.2, 0.25) is 0 Å². The maximum Gasteiger partial charge on any atom is 0.313 e. The van der Waals surface area contributed by atoms with Gasteiger partial charge >= 0.3 is 5.97 Å². The molecular formula is C26H41NO3. The number of likely N-dealkylation sites (N-methyl/N-ethyl adjacent to an activating group) is 1. The lowest BCUT2D eigenvalue weighted by atomic mass is 9.78. The zero-order chi connectivity index (χ0) is 22.7. The second-order valence-corrected chi connectivity index (χ2v) is 10.9. The van der Waals surface area contributed by atoms with Crippen LogP contribution in [0.4, 0.5) is 0 Å². The lowest BCUT2D eigenvalue weighted by Crippen LogP contribution is -2.43. The fraction of sp³-hybridized carbons (Fsp3) is 0.692. The Kier molecular flexibility index (Phi) is 7.90. The van der Waals surface area contributed by atoms with E-state index in [0.717, 1.165) is 25.8 Å². The summed E-state index contributed by atoms with van der Waals surface area (Å²) >= 11 is 0. The standard InChI is InChI=1S/C26H41NO3/c1-9-30-24(29)17-23(28)19-10-11-27(8)22(15-19)14-18-12-20(25(2,3)4)16-21(13-18)26(5,6)7/h12-13,16,19,22H,9-11,14-15,17H2,1-8H3. The van der Waals surface area contributed by atoms with Crippen molar-refractivity contribution in [2.24, 2.45) is 5.92 Å². The summed E-state index contributed by atoms with van der Waals surface area (Å²) < 4.78 is 4.97. The normalized spacial score (nSPS) is 20.8. The number of rotatable bonds is 6. The van der Waals surface area contributed by atoms with E-state index in [1.165, 1.54) is 16.7 Å². The maximum absolute atomic E-state index is 12.6. The lowest BCUT2D eigenvalue weighted by Gasteiger charge is -2.37. The second kappa shape index (κ2) is 9.64. The topological polar surface area (TPSA) is 46.6 Å². The van der Waals surface area contributed by atoms with Crippen molar-refractivity contribution in [3.8, 4) is 0 Å². The summed E-state index contributed by atoms with van der Waals surface area (Å²) in [7, 11) is 2.15. The smallest absolute Gasteiger partial charge is 0.313 e. The van der Waals surface area contributed by atoms with Gasteiger partial charge < -0.3 is 9.64 Å². The number of likely N-dealkylation sites (tertiary alicyclic amines) is 1. The van der Waals surface area contributed by atoms with Crippen molar-refractivity contribution in [2.75, 3.05) is 20.2 Å². The second-order valence-electron chi connectivity index (χ2n) is 10.9. The Labute approximate surface area is 183 Å². The summed E-state index contributed by atoms with van der Waals surface area (Å²) in [5.41, 5.74) is 4.23. The van der Waals surface area contributed by atoms with Gasteiger partial charge in [-0.3, -0.25) is 9.59 Å². The van der Waals surface area contributed by atoms with Crippen LogP contribution in [-0.2, 0) is 31.6 Å². The Morgan fingerprint density at radius 2 is 1.60 bits per heavy atom. The molecule has 1 heterocycles. The molecule has 168 valence electrons. The van der Waals surface area contributed by atoms with Gasteiger partial charge in [-0.05, 0) is 67.3 Å². The molecule has 1 fully saturated rings. The molecule has 0 saturated carbocycles. The number of Topliss-reactive ketones (excluding diaryl/α,β-unsaturated/α-hetero) is 1. The average molecular weight is 416 g/mol. The van der Waals surface area contributed by atoms with E-state index in [2.05, 4.69) is 71.7 Å². The van der Waals surface area contributed by atoms with E-state index in [1.807, 2.05) is 0 Å². The summed E-state index contributed by atoms with van der Waals surface area (Å²) in [5, 5.41) is 0. The van der Waals surface area contributed by atoms with Crippen LogP contribution in [0.1, 0.15) is 84.4 Å². The zero-order valence-corrected chi connectivity index (χ0v) is 20.3. The molecule has 0 aliphatic carbocycles. The van der Waals surface area contributed by atoms with Crippen molar-refractivity contribution in [3.05, 3.63) is 34.9 Å². The summed E-state index contributed by atoms with van der Waals surface area (Å²) in [6, 6.07) is 7.33. The molecule has 0 amide bonds. The fourth-order valence-corrected chi connectivity index (χ4v) is 4.15. The van der Waals surface area contributed by atoms with Gasteiger partial charge in [0.05, 0.1) is 6.61 Å². The molecule has 1 aromatic carbocycles. The molecule has 0 bridgehead atoms. The van der Waals surface area contributed by atoms with Crippen LogP contribution in [0.5, 0.6) is 0 Å². The molecule has 2 rings (SSSR count). The van der Waals surface area contributed by atoms with Gasteiger partial charge in [-0.25, -0.2) is 0 Å². The van der Waals surface area contributed by atoms with Crippen LogP contribution in [0.25, 0.3) is 0 Å². The summed E-state index contributed by atoms with van der Waals surface area (Å²) in [6.45, 7) is 16.5. The highest BCUT2D eigenvalue weighted by atomic mass is 16.5. The molecule has 0 aromatic heterocycles. The van der Waals surface area contributed by atoms with E-state index in [1.54, 1.807) is 6.92 Å². The van der Waals surface area contributed by atoms with Crippen LogP contribution in [0.15, 0.2) is 18.2 Å². The Morgan fingerprint density at radius 1 is 1.03 bits per heavy atom. The number of hydrogen-bond acceptors (Lipinski definition) is 4. The average Bonchev–Trinajstić information content (AvgIpc) is 2.62. The maximum atomic E-state index is 12.6. The van der Waals surface area contributed by atoms with Crippen LogP contribution in [-0.4, -0.2) is 42.9 Å². The minimum atomic E-state index is -0.398. The van der Waals surface area contributed by atoms with Crippen molar-refractivity contribution in [3.63, 3.8) is 0 Å². The van der Waals surface area contributed by atoms with E-state index in [9.17, 15) is 9.59 Å². The fourth-order valence-electron chi connectivity index (χ4n) is 4.15. The molecule has 1 saturated heterocycles. The van der Waals surface area contributed by atoms with Crippen LogP contribution in [0.3, 0.4) is 0 Å². The SMILES string of the molecule is CCOC(=O)CC(=O)C1CCN(C)C(Cc2cc(C(C)(C)C)cc(C(C)(C)C)c2)C1. The van der Waals surface area contributed by atoms with Crippen molar-refractivity contribution in [1.29, 1.82) is 0 Å². The number of carbonyl (C=O) groups is 2. The molecule has 2 atom stereocenters. The molecule has 4 nitrogen and oxygen atoms in total.